The maximum atomic E-state index is 10.6. The number of hydrazone groups is 1. The van der Waals surface area contributed by atoms with Gasteiger partial charge in [-0.15, -0.1) is 0 Å². The van der Waals surface area contributed by atoms with Crippen molar-refractivity contribution in [3.05, 3.63) is 65.7 Å². The molecular formula is C19H23N5O. The molecular weight excluding hydrogens is 314 g/mol. The van der Waals surface area contributed by atoms with E-state index >= 15 is 0 Å². The van der Waals surface area contributed by atoms with Gasteiger partial charge in [-0.05, 0) is 23.3 Å². The zero-order valence-corrected chi connectivity index (χ0v) is 14.1. The van der Waals surface area contributed by atoms with Gasteiger partial charge in [-0.25, -0.2) is 10.2 Å². The zero-order chi connectivity index (χ0) is 17.5. The molecule has 0 atom stereocenters. The minimum Gasteiger partial charge on any atom is -0.369 e. The van der Waals surface area contributed by atoms with Gasteiger partial charge in [0, 0.05) is 38.4 Å². The molecule has 2 aromatic rings. The van der Waals surface area contributed by atoms with Crippen molar-refractivity contribution in [1.82, 2.24) is 10.3 Å². The van der Waals surface area contributed by atoms with E-state index in [9.17, 15) is 4.79 Å². The number of carbonyl (C=O) groups is 1. The smallest absolute Gasteiger partial charge is 0.332 e. The van der Waals surface area contributed by atoms with Crippen LogP contribution in [-0.4, -0.2) is 43.3 Å². The average molecular weight is 337 g/mol. The van der Waals surface area contributed by atoms with E-state index in [4.69, 9.17) is 5.73 Å². The van der Waals surface area contributed by atoms with Crippen LogP contribution in [0.1, 0.15) is 11.1 Å². The Morgan fingerprint density at radius 1 is 1.04 bits per heavy atom. The van der Waals surface area contributed by atoms with Crippen LogP contribution in [0.15, 0.2) is 59.7 Å². The van der Waals surface area contributed by atoms with E-state index in [2.05, 4.69) is 62.8 Å². The van der Waals surface area contributed by atoms with Crippen LogP contribution in [0.3, 0.4) is 0 Å². The Balaban J connectivity index is 1.51. The lowest BCUT2D eigenvalue weighted by Crippen LogP contribution is -2.45. The summed E-state index contributed by atoms with van der Waals surface area (Å²) in [6, 6.07) is 18.1. The summed E-state index contributed by atoms with van der Waals surface area (Å²) >= 11 is 0. The number of rotatable bonds is 5. The molecule has 1 heterocycles. The van der Waals surface area contributed by atoms with Crippen LogP contribution in [-0.2, 0) is 6.54 Å². The molecule has 2 amide bonds. The fraction of sp³-hybridized carbons (Fsp3) is 0.263. The van der Waals surface area contributed by atoms with Gasteiger partial charge in [0.25, 0.3) is 0 Å². The van der Waals surface area contributed by atoms with Gasteiger partial charge in [0.05, 0.1) is 6.21 Å². The lowest BCUT2D eigenvalue weighted by atomic mass is 10.1. The summed E-state index contributed by atoms with van der Waals surface area (Å²) in [6.07, 6.45) is 1.58. The summed E-state index contributed by atoms with van der Waals surface area (Å²) in [5.41, 5.74) is 10.6. The summed E-state index contributed by atoms with van der Waals surface area (Å²) in [6.45, 7) is 5.16. The molecule has 0 aliphatic carbocycles. The number of nitrogens with zero attached hydrogens (tertiary/aromatic N) is 3. The molecule has 0 bridgehead atoms. The molecule has 0 radical (unpaired) electrons. The average Bonchev–Trinajstić information content (AvgIpc) is 2.64. The molecule has 0 saturated carbocycles. The fourth-order valence-electron chi connectivity index (χ4n) is 2.95. The van der Waals surface area contributed by atoms with Gasteiger partial charge in [0.15, 0.2) is 0 Å². The molecule has 2 aromatic carbocycles. The van der Waals surface area contributed by atoms with Crippen molar-refractivity contribution in [3.63, 3.8) is 0 Å². The van der Waals surface area contributed by atoms with Crippen molar-refractivity contribution >= 4 is 17.9 Å². The minimum absolute atomic E-state index is 0.666. The summed E-state index contributed by atoms with van der Waals surface area (Å²) in [4.78, 5) is 15.5. The highest BCUT2D eigenvalue weighted by Crippen LogP contribution is 2.18. The minimum atomic E-state index is -0.666. The Hall–Kier alpha value is -2.86. The molecule has 0 spiro atoms. The van der Waals surface area contributed by atoms with Crippen LogP contribution in [0.5, 0.6) is 0 Å². The fourth-order valence-corrected chi connectivity index (χ4v) is 2.95. The number of hydrogen-bond acceptors (Lipinski definition) is 4. The van der Waals surface area contributed by atoms with Crippen molar-refractivity contribution in [2.24, 2.45) is 10.8 Å². The maximum Gasteiger partial charge on any atom is 0.332 e. The number of carbonyl (C=O) groups excluding carboxylic acids is 1. The Morgan fingerprint density at radius 3 is 2.36 bits per heavy atom. The molecule has 0 unspecified atom stereocenters. The van der Waals surface area contributed by atoms with Crippen molar-refractivity contribution in [1.29, 1.82) is 0 Å². The predicted molar refractivity (Wildman–Crippen MR) is 101 cm³/mol. The SMILES string of the molecule is NC(=O)N/N=C/c1ccc(N2CCN(Cc3ccccc3)CC2)cc1. The van der Waals surface area contributed by atoms with Crippen LogP contribution >= 0.6 is 0 Å². The highest BCUT2D eigenvalue weighted by molar-refractivity contribution is 5.82. The van der Waals surface area contributed by atoms with Crippen molar-refractivity contribution in [2.75, 3.05) is 31.1 Å². The number of piperazine rings is 1. The van der Waals surface area contributed by atoms with E-state index in [1.54, 1.807) is 6.21 Å². The number of primary amides is 1. The Labute approximate surface area is 147 Å². The molecule has 6 heteroatoms. The summed E-state index contributed by atoms with van der Waals surface area (Å²) in [5, 5.41) is 3.76. The van der Waals surface area contributed by atoms with Gasteiger partial charge in [-0.3, -0.25) is 4.90 Å². The van der Waals surface area contributed by atoms with E-state index in [0.717, 1.165) is 38.3 Å². The first-order chi connectivity index (χ1) is 12.2. The quantitative estimate of drug-likeness (QED) is 0.647. The van der Waals surface area contributed by atoms with Crippen molar-refractivity contribution in [2.45, 2.75) is 6.54 Å². The number of urea groups is 1. The Bertz CT molecular complexity index is 706. The highest BCUT2D eigenvalue weighted by atomic mass is 16.2. The third-order valence-corrected chi connectivity index (χ3v) is 4.27. The van der Waals surface area contributed by atoms with Crippen LogP contribution in [0, 0.1) is 0 Å². The third kappa shape index (κ3) is 5.06. The second-order valence-electron chi connectivity index (χ2n) is 6.07. The number of anilines is 1. The van der Waals surface area contributed by atoms with Crippen molar-refractivity contribution in [3.8, 4) is 0 Å². The van der Waals surface area contributed by atoms with Gasteiger partial charge in [-0.1, -0.05) is 42.5 Å². The molecule has 25 heavy (non-hydrogen) atoms. The lowest BCUT2D eigenvalue weighted by molar-refractivity contribution is 0.249. The largest absolute Gasteiger partial charge is 0.369 e. The first-order valence-corrected chi connectivity index (χ1v) is 8.40. The number of amides is 2. The lowest BCUT2D eigenvalue weighted by Gasteiger charge is -2.36. The number of nitrogens with one attached hydrogen (secondary N) is 1. The summed E-state index contributed by atoms with van der Waals surface area (Å²) in [5.74, 6) is 0. The number of hydrogen-bond donors (Lipinski definition) is 2. The standard InChI is InChI=1S/C19H23N5O/c20-19(25)22-21-14-16-6-8-18(9-7-16)24-12-10-23(11-13-24)15-17-4-2-1-3-5-17/h1-9,14H,10-13,15H2,(H3,20,22,25)/b21-14+. The molecule has 3 rings (SSSR count). The number of benzene rings is 2. The second kappa shape index (κ2) is 8.30. The normalized spacial score (nSPS) is 15.4. The maximum absolute atomic E-state index is 10.6. The van der Waals surface area contributed by atoms with Crippen molar-refractivity contribution < 1.29 is 4.79 Å². The van der Waals surface area contributed by atoms with E-state index in [-0.39, 0.29) is 0 Å². The van der Waals surface area contributed by atoms with Crippen LogP contribution in [0.2, 0.25) is 0 Å². The van der Waals surface area contributed by atoms with Crippen LogP contribution < -0.4 is 16.1 Å². The van der Waals surface area contributed by atoms with Gasteiger partial charge in [-0.2, -0.15) is 5.10 Å². The molecule has 6 nitrogen and oxygen atoms in total. The highest BCUT2D eigenvalue weighted by Gasteiger charge is 2.17. The van der Waals surface area contributed by atoms with Gasteiger partial charge in [0.2, 0.25) is 0 Å². The van der Waals surface area contributed by atoms with E-state index in [1.165, 1.54) is 11.3 Å². The van der Waals surface area contributed by atoms with Crippen LogP contribution in [0.25, 0.3) is 0 Å². The Morgan fingerprint density at radius 2 is 1.72 bits per heavy atom. The topological polar surface area (TPSA) is 74.0 Å². The molecule has 130 valence electrons. The zero-order valence-electron chi connectivity index (χ0n) is 14.1. The summed E-state index contributed by atoms with van der Waals surface area (Å²) < 4.78 is 0. The first kappa shape index (κ1) is 17.0. The van der Waals surface area contributed by atoms with E-state index in [0.29, 0.717) is 0 Å². The first-order valence-electron chi connectivity index (χ1n) is 8.40. The monoisotopic (exact) mass is 337 g/mol. The molecule has 3 N–H and O–H groups in total. The number of nitrogens with two attached hydrogens (primary N) is 1. The third-order valence-electron chi connectivity index (χ3n) is 4.27. The predicted octanol–water partition coefficient (Wildman–Crippen LogP) is 2.01. The molecule has 1 aliphatic rings. The summed E-state index contributed by atoms with van der Waals surface area (Å²) in [7, 11) is 0. The molecule has 1 fully saturated rings. The second-order valence-corrected chi connectivity index (χ2v) is 6.07. The van der Waals surface area contributed by atoms with Gasteiger partial charge >= 0.3 is 6.03 Å². The van der Waals surface area contributed by atoms with Crippen LogP contribution in [0.4, 0.5) is 10.5 Å². The Kier molecular flexibility index (Phi) is 5.64. The molecule has 1 aliphatic heterocycles. The van der Waals surface area contributed by atoms with Gasteiger partial charge < -0.3 is 10.6 Å². The molecule has 1 saturated heterocycles. The van der Waals surface area contributed by atoms with E-state index < -0.39 is 6.03 Å². The van der Waals surface area contributed by atoms with Gasteiger partial charge in [0.1, 0.15) is 0 Å². The van der Waals surface area contributed by atoms with E-state index in [1.807, 2.05) is 12.1 Å². The molecule has 0 aromatic heterocycles.